The standard InChI is InChI=1S/C37H42ClN3O6S/c1-5-6-21-39-37(43)33(23-28-11-8-7-9-12-28)40(25-29-13-10-14-30(38)22-29)36(42)26-41(31-17-20-34(46-3)35(24-31)47-4)48(44,45)32-18-15-27(2)16-19-32/h7-20,22,24,33H,5-6,21,23,25-26H2,1-4H3,(H,39,43)/t33-/m1/s1. The summed E-state index contributed by atoms with van der Waals surface area (Å²) in [6.45, 7) is 3.75. The lowest BCUT2D eigenvalue weighted by atomic mass is 10.0. The Morgan fingerprint density at radius 3 is 2.19 bits per heavy atom. The Balaban J connectivity index is 1.83. The Morgan fingerprint density at radius 2 is 1.54 bits per heavy atom. The number of halogens is 1. The first-order valence-electron chi connectivity index (χ1n) is 15.7. The van der Waals surface area contributed by atoms with Gasteiger partial charge in [0.05, 0.1) is 24.8 Å². The molecule has 254 valence electrons. The smallest absolute Gasteiger partial charge is 0.264 e. The molecular weight excluding hydrogens is 650 g/mol. The fourth-order valence-electron chi connectivity index (χ4n) is 5.24. The number of ether oxygens (including phenoxy) is 2. The van der Waals surface area contributed by atoms with Crippen molar-refractivity contribution >= 4 is 39.1 Å². The lowest BCUT2D eigenvalue weighted by Crippen LogP contribution is -2.53. The highest BCUT2D eigenvalue weighted by Crippen LogP contribution is 2.34. The van der Waals surface area contributed by atoms with E-state index in [1.165, 1.54) is 37.3 Å². The predicted molar refractivity (Wildman–Crippen MR) is 189 cm³/mol. The van der Waals surface area contributed by atoms with E-state index >= 15 is 0 Å². The number of amides is 2. The van der Waals surface area contributed by atoms with Crippen LogP contribution in [0.4, 0.5) is 5.69 Å². The topological polar surface area (TPSA) is 105 Å². The number of carbonyl (C=O) groups is 2. The largest absolute Gasteiger partial charge is 0.493 e. The molecule has 0 saturated carbocycles. The highest BCUT2D eigenvalue weighted by molar-refractivity contribution is 7.92. The second-order valence-corrected chi connectivity index (χ2v) is 13.7. The van der Waals surface area contributed by atoms with Crippen LogP contribution >= 0.6 is 11.6 Å². The summed E-state index contributed by atoms with van der Waals surface area (Å²) < 4.78 is 40.5. The highest BCUT2D eigenvalue weighted by atomic mass is 35.5. The average Bonchev–Trinajstić information content (AvgIpc) is 3.09. The molecular formula is C37H42ClN3O6S. The van der Waals surface area contributed by atoms with Crippen molar-refractivity contribution < 1.29 is 27.5 Å². The SMILES string of the molecule is CCCCNC(=O)[C@@H](Cc1ccccc1)N(Cc1cccc(Cl)c1)C(=O)CN(c1ccc(OC)c(OC)c1)S(=O)(=O)c1ccc(C)cc1. The molecule has 0 saturated heterocycles. The number of carbonyl (C=O) groups excluding carboxylic acids is 2. The van der Waals surface area contributed by atoms with Gasteiger partial charge < -0.3 is 19.7 Å². The first-order chi connectivity index (χ1) is 23.1. The fraction of sp³-hybridized carbons (Fsp3) is 0.297. The van der Waals surface area contributed by atoms with E-state index in [1.807, 2.05) is 50.2 Å². The number of nitrogens with one attached hydrogen (secondary N) is 1. The van der Waals surface area contributed by atoms with Gasteiger partial charge in [0.25, 0.3) is 10.0 Å². The number of anilines is 1. The molecule has 0 heterocycles. The number of methoxy groups -OCH3 is 2. The van der Waals surface area contributed by atoms with Crippen molar-refractivity contribution in [2.75, 3.05) is 31.6 Å². The summed E-state index contributed by atoms with van der Waals surface area (Å²) in [5, 5.41) is 3.46. The van der Waals surface area contributed by atoms with Crippen molar-refractivity contribution in [1.29, 1.82) is 0 Å². The van der Waals surface area contributed by atoms with Gasteiger partial charge in [0.1, 0.15) is 12.6 Å². The van der Waals surface area contributed by atoms with Crippen LogP contribution in [0.3, 0.4) is 0 Å². The van der Waals surface area contributed by atoms with Gasteiger partial charge in [0.15, 0.2) is 11.5 Å². The number of hydrogen-bond donors (Lipinski definition) is 1. The summed E-state index contributed by atoms with van der Waals surface area (Å²) in [5.41, 5.74) is 2.61. The predicted octanol–water partition coefficient (Wildman–Crippen LogP) is 6.42. The Labute approximate surface area is 288 Å². The van der Waals surface area contributed by atoms with Gasteiger partial charge in [-0.2, -0.15) is 0 Å². The highest BCUT2D eigenvalue weighted by Gasteiger charge is 2.35. The number of unbranched alkanes of at least 4 members (excludes halogenated alkanes) is 1. The van der Waals surface area contributed by atoms with E-state index in [4.69, 9.17) is 21.1 Å². The molecule has 0 aliphatic heterocycles. The third kappa shape index (κ3) is 9.29. The molecule has 0 aliphatic carbocycles. The zero-order chi connectivity index (χ0) is 34.7. The second-order valence-electron chi connectivity index (χ2n) is 11.4. The van der Waals surface area contributed by atoms with Gasteiger partial charge in [-0.15, -0.1) is 0 Å². The van der Waals surface area contributed by atoms with Crippen molar-refractivity contribution in [2.24, 2.45) is 0 Å². The van der Waals surface area contributed by atoms with Crippen LogP contribution in [0, 0.1) is 6.92 Å². The van der Waals surface area contributed by atoms with Crippen LogP contribution in [0.2, 0.25) is 5.02 Å². The maximum absolute atomic E-state index is 14.6. The second kappa shape index (κ2) is 17.0. The summed E-state index contributed by atoms with van der Waals surface area (Å²) in [4.78, 5) is 30.0. The van der Waals surface area contributed by atoms with E-state index in [-0.39, 0.29) is 29.5 Å². The van der Waals surface area contributed by atoms with Gasteiger partial charge in [-0.3, -0.25) is 13.9 Å². The molecule has 0 aliphatic rings. The first-order valence-corrected chi connectivity index (χ1v) is 17.6. The van der Waals surface area contributed by atoms with Gasteiger partial charge in [0, 0.05) is 30.6 Å². The maximum Gasteiger partial charge on any atom is 0.264 e. The van der Waals surface area contributed by atoms with E-state index < -0.39 is 28.5 Å². The summed E-state index contributed by atoms with van der Waals surface area (Å²) in [6.07, 6.45) is 1.87. The molecule has 0 unspecified atom stereocenters. The van der Waals surface area contributed by atoms with Gasteiger partial charge in [-0.05, 0) is 60.9 Å². The monoisotopic (exact) mass is 691 g/mol. The molecule has 0 spiro atoms. The van der Waals surface area contributed by atoms with Crippen molar-refractivity contribution in [3.8, 4) is 11.5 Å². The number of benzene rings is 4. The minimum atomic E-state index is -4.28. The molecule has 4 aromatic carbocycles. The maximum atomic E-state index is 14.6. The molecule has 0 bridgehead atoms. The average molecular weight is 692 g/mol. The number of aryl methyl sites for hydroxylation is 1. The summed E-state index contributed by atoms with van der Waals surface area (Å²) in [6, 6.07) is 26.6. The molecule has 1 atom stereocenters. The van der Waals surface area contributed by atoms with E-state index in [9.17, 15) is 18.0 Å². The quantitative estimate of drug-likeness (QED) is 0.136. The molecule has 48 heavy (non-hydrogen) atoms. The third-order valence-electron chi connectivity index (χ3n) is 7.89. The zero-order valence-electron chi connectivity index (χ0n) is 27.7. The molecule has 11 heteroatoms. The number of rotatable bonds is 16. The van der Waals surface area contributed by atoms with Crippen LogP contribution < -0.4 is 19.1 Å². The molecule has 4 rings (SSSR count). The Morgan fingerprint density at radius 1 is 0.854 bits per heavy atom. The summed E-state index contributed by atoms with van der Waals surface area (Å²) in [5.74, 6) is -0.220. The lowest BCUT2D eigenvalue weighted by molar-refractivity contribution is -0.140. The van der Waals surface area contributed by atoms with Gasteiger partial charge in [-0.25, -0.2) is 8.42 Å². The number of nitrogens with zero attached hydrogens (tertiary/aromatic N) is 2. The van der Waals surface area contributed by atoms with Gasteiger partial charge >= 0.3 is 0 Å². The van der Waals surface area contributed by atoms with Crippen LogP contribution in [0.1, 0.15) is 36.5 Å². The van der Waals surface area contributed by atoms with Crippen LogP contribution in [0.15, 0.2) is 102 Å². The molecule has 0 aromatic heterocycles. The number of hydrogen-bond acceptors (Lipinski definition) is 6. The Bertz CT molecular complexity index is 1780. The van der Waals surface area contributed by atoms with Gasteiger partial charge in [-0.1, -0.05) is 85.1 Å². The van der Waals surface area contributed by atoms with Crippen molar-refractivity contribution in [2.45, 2.75) is 50.6 Å². The third-order valence-corrected chi connectivity index (χ3v) is 9.91. The molecule has 0 fully saturated rings. The molecule has 9 nitrogen and oxygen atoms in total. The Hall–Kier alpha value is -4.54. The molecule has 1 N–H and O–H groups in total. The molecule has 0 radical (unpaired) electrons. The normalized spacial score (nSPS) is 11.8. The zero-order valence-corrected chi connectivity index (χ0v) is 29.3. The van der Waals surface area contributed by atoms with E-state index in [0.717, 1.165) is 28.3 Å². The first kappa shape index (κ1) is 36.3. The lowest BCUT2D eigenvalue weighted by Gasteiger charge is -2.34. The van der Waals surface area contributed by atoms with E-state index in [0.29, 0.717) is 28.6 Å². The van der Waals surface area contributed by atoms with Crippen LogP contribution in [-0.2, 0) is 32.6 Å². The molecule has 4 aromatic rings. The van der Waals surface area contributed by atoms with Crippen molar-refractivity contribution in [1.82, 2.24) is 10.2 Å². The van der Waals surface area contributed by atoms with Gasteiger partial charge in [0.2, 0.25) is 11.8 Å². The van der Waals surface area contributed by atoms with Crippen LogP contribution in [-0.4, -0.2) is 58.5 Å². The van der Waals surface area contributed by atoms with E-state index in [2.05, 4.69) is 5.32 Å². The number of sulfonamides is 1. The Kier molecular flexibility index (Phi) is 12.9. The van der Waals surface area contributed by atoms with Crippen LogP contribution in [0.5, 0.6) is 11.5 Å². The fourth-order valence-corrected chi connectivity index (χ4v) is 6.86. The summed E-state index contributed by atoms with van der Waals surface area (Å²) >= 11 is 6.33. The van der Waals surface area contributed by atoms with E-state index in [1.54, 1.807) is 42.5 Å². The minimum absolute atomic E-state index is 0.00946. The van der Waals surface area contributed by atoms with Crippen LogP contribution in [0.25, 0.3) is 0 Å². The summed E-state index contributed by atoms with van der Waals surface area (Å²) in [7, 11) is -1.35. The van der Waals surface area contributed by atoms with Crippen molar-refractivity contribution in [3.63, 3.8) is 0 Å². The van der Waals surface area contributed by atoms with Crippen molar-refractivity contribution in [3.05, 3.63) is 119 Å². The minimum Gasteiger partial charge on any atom is -0.493 e. The molecule has 2 amide bonds.